The van der Waals surface area contributed by atoms with Crippen LogP contribution in [0.15, 0.2) is 40.9 Å². The third-order valence-corrected chi connectivity index (χ3v) is 5.14. The van der Waals surface area contributed by atoms with Crippen LogP contribution in [0.1, 0.15) is 22.6 Å². The van der Waals surface area contributed by atoms with Crippen molar-refractivity contribution < 1.29 is 4.74 Å². The van der Waals surface area contributed by atoms with Gasteiger partial charge in [-0.3, -0.25) is 0 Å². The molecule has 3 rings (SSSR count). The van der Waals surface area contributed by atoms with E-state index in [0.29, 0.717) is 10.9 Å². The Hall–Kier alpha value is -1.03. The fourth-order valence-electron chi connectivity index (χ4n) is 3.10. The smallest absolute Gasteiger partial charge is 0.137 e. The lowest BCUT2D eigenvalue weighted by molar-refractivity contribution is 0.338. The third-order valence-electron chi connectivity index (χ3n) is 4.32. The molecule has 116 valence electrons. The molecule has 1 aliphatic heterocycles. The van der Waals surface area contributed by atoms with Crippen LogP contribution in [-0.2, 0) is 6.42 Å². The minimum absolute atomic E-state index is 0.335. The average molecular weight is 381 g/mol. The Kier molecular flexibility index (Phi) is 4.76. The van der Waals surface area contributed by atoms with E-state index in [1.807, 2.05) is 0 Å². The van der Waals surface area contributed by atoms with Gasteiger partial charge in [0.15, 0.2) is 0 Å². The fraction of sp³-hybridized carbons (Fsp3) is 0.333. The standard InChI is InChI=1S/C18H19BrClNO/c1-21-8-7-13-9-17(20)18(22-2)10-15(13)16(11-21)12-3-5-14(19)6-4-12/h3-6,9-10,16H,7-8,11H2,1-2H3. The van der Waals surface area contributed by atoms with Crippen LogP contribution in [0, 0.1) is 0 Å². The molecule has 0 spiro atoms. The lowest BCUT2D eigenvalue weighted by Gasteiger charge is -2.22. The Balaban J connectivity index is 2.11. The topological polar surface area (TPSA) is 12.5 Å². The van der Waals surface area contributed by atoms with Crippen molar-refractivity contribution in [1.29, 1.82) is 0 Å². The van der Waals surface area contributed by atoms with Gasteiger partial charge in [0, 0.05) is 23.5 Å². The second kappa shape index (κ2) is 6.61. The van der Waals surface area contributed by atoms with Crippen LogP contribution in [-0.4, -0.2) is 32.1 Å². The van der Waals surface area contributed by atoms with Gasteiger partial charge in [-0.1, -0.05) is 39.7 Å². The molecule has 0 saturated carbocycles. The fourth-order valence-corrected chi connectivity index (χ4v) is 3.63. The number of benzene rings is 2. The molecule has 0 N–H and O–H groups in total. The van der Waals surface area contributed by atoms with E-state index in [0.717, 1.165) is 29.7 Å². The summed E-state index contributed by atoms with van der Waals surface area (Å²) in [6, 6.07) is 12.8. The highest BCUT2D eigenvalue weighted by Crippen LogP contribution is 2.37. The monoisotopic (exact) mass is 379 g/mol. The van der Waals surface area contributed by atoms with Crippen LogP contribution in [0.4, 0.5) is 0 Å². The van der Waals surface area contributed by atoms with Gasteiger partial charge in [0.1, 0.15) is 5.75 Å². The van der Waals surface area contributed by atoms with E-state index < -0.39 is 0 Å². The zero-order valence-electron chi connectivity index (χ0n) is 12.8. The van der Waals surface area contributed by atoms with E-state index in [-0.39, 0.29) is 0 Å². The van der Waals surface area contributed by atoms with Gasteiger partial charge in [-0.15, -0.1) is 0 Å². The lowest BCUT2D eigenvalue weighted by Crippen LogP contribution is -2.24. The molecule has 0 bridgehead atoms. The number of methoxy groups -OCH3 is 1. The zero-order chi connectivity index (χ0) is 15.7. The van der Waals surface area contributed by atoms with E-state index in [4.69, 9.17) is 16.3 Å². The Bertz CT molecular complexity index is 672. The summed E-state index contributed by atoms with van der Waals surface area (Å²) in [5.41, 5.74) is 3.97. The van der Waals surface area contributed by atoms with Crippen molar-refractivity contribution in [2.24, 2.45) is 0 Å². The summed E-state index contributed by atoms with van der Waals surface area (Å²) in [5.74, 6) is 1.09. The molecule has 22 heavy (non-hydrogen) atoms. The van der Waals surface area contributed by atoms with Crippen LogP contribution in [0.2, 0.25) is 5.02 Å². The zero-order valence-corrected chi connectivity index (χ0v) is 15.1. The molecule has 0 fully saturated rings. The van der Waals surface area contributed by atoms with E-state index in [2.05, 4.69) is 64.3 Å². The first-order valence-corrected chi connectivity index (χ1v) is 8.56. The van der Waals surface area contributed by atoms with Crippen molar-refractivity contribution >= 4 is 27.5 Å². The predicted octanol–water partition coefficient (Wildman–Crippen LogP) is 4.73. The number of likely N-dealkylation sites (N-methyl/N-ethyl adjacent to an activating group) is 1. The maximum atomic E-state index is 6.32. The predicted molar refractivity (Wildman–Crippen MR) is 95.2 cm³/mol. The number of halogens is 2. The molecule has 0 saturated heterocycles. The Morgan fingerprint density at radius 3 is 2.64 bits per heavy atom. The van der Waals surface area contributed by atoms with E-state index in [1.165, 1.54) is 16.7 Å². The van der Waals surface area contributed by atoms with Gasteiger partial charge in [0.25, 0.3) is 0 Å². The number of nitrogens with zero attached hydrogens (tertiary/aromatic N) is 1. The molecule has 0 aliphatic carbocycles. The quantitative estimate of drug-likeness (QED) is 0.747. The van der Waals surface area contributed by atoms with Gasteiger partial charge in [-0.05, 0) is 54.4 Å². The molecule has 4 heteroatoms. The van der Waals surface area contributed by atoms with Crippen LogP contribution in [0.5, 0.6) is 5.75 Å². The molecule has 0 radical (unpaired) electrons. The highest BCUT2D eigenvalue weighted by molar-refractivity contribution is 9.10. The molecule has 0 amide bonds. The normalized spacial score (nSPS) is 18.6. The van der Waals surface area contributed by atoms with E-state index in [9.17, 15) is 0 Å². The second-order valence-corrected chi connectivity index (χ2v) is 7.12. The molecule has 1 atom stereocenters. The van der Waals surface area contributed by atoms with E-state index >= 15 is 0 Å². The highest BCUT2D eigenvalue weighted by atomic mass is 79.9. The SMILES string of the molecule is COc1cc2c(cc1Cl)CCN(C)CC2c1ccc(Br)cc1. The van der Waals surface area contributed by atoms with Crippen molar-refractivity contribution in [2.75, 3.05) is 27.2 Å². The summed E-state index contributed by atoms with van der Waals surface area (Å²) in [5, 5.41) is 0.695. The van der Waals surface area contributed by atoms with Crippen LogP contribution in [0.3, 0.4) is 0 Å². The third kappa shape index (κ3) is 3.17. The number of rotatable bonds is 2. The molecule has 2 aromatic rings. The van der Waals surface area contributed by atoms with Crippen molar-refractivity contribution in [1.82, 2.24) is 4.90 Å². The summed E-state index contributed by atoms with van der Waals surface area (Å²) in [4.78, 5) is 2.38. The summed E-state index contributed by atoms with van der Waals surface area (Å²) in [6.07, 6.45) is 1.02. The molecular weight excluding hydrogens is 362 g/mol. The number of hydrogen-bond acceptors (Lipinski definition) is 2. The second-order valence-electron chi connectivity index (χ2n) is 5.80. The molecular formula is C18H19BrClNO. The van der Waals surface area contributed by atoms with Crippen LogP contribution in [0.25, 0.3) is 0 Å². The van der Waals surface area contributed by atoms with Gasteiger partial charge < -0.3 is 9.64 Å². The Morgan fingerprint density at radius 1 is 1.23 bits per heavy atom. The van der Waals surface area contributed by atoms with Crippen molar-refractivity contribution in [3.8, 4) is 5.75 Å². The molecule has 2 nitrogen and oxygen atoms in total. The van der Waals surface area contributed by atoms with Gasteiger partial charge in [0.2, 0.25) is 0 Å². The first-order valence-electron chi connectivity index (χ1n) is 7.39. The lowest BCUT2D eigenvalue weighted by atomic mass is 9.88. The Labute approximate surface area is 145 Å². The molecule has 1 heterocycles. The van der Waals surface area contributed by atoms with Gasteiger partial charge in [0.05, 0.1) is 12.1 Å². The van der Waals surface area contributed by atoms with E-state index in [1.54, 1.807) is 7.11 Å². The average Bonchev–Trinajstić information content (AvgIpc) is 2.67. The minimum atomic E-state index is 0.335. The van der Waals surface area contributed by atoms with Crippen molar-refractivity contribution in [3.05, 3.63) is 62.6 Å². The number of hydrogen-bond donors (Lipinski definition) is 0. The summed E-state index contributed by atoms with van der Waals surface area (Å²) in [6.45, 7) is 2.04. The van der Waals surface area contributed by atoms with Gasteiger partial charge in [-0.2, -0.15) is 0 Å². The summed E-state index contributed by atoms with van der Waals surface area (Å²) >= 11 is 9.83. The molecule has 1 aliphatic rings. The first kappa shape index (κ1) is 15.9. The minimum Gasteiger partial charge on any atom is -0.495 e. The maximum Gasteiger partial charge on any atom is 0.137 e. The number of ether oxygens (including phenoxy) is 1. The summed E-state index contributed by atoms with van der Waals surface area (Å²) < 4.78 is 6.53. The highest BCUT2D eigenvalue weighted by Gasteiger charge is 2.24. The number of fused-ring (bicyclic) bond motifs is 1. The maximum absolute atomic E-state index is 6.32. The van der Waals surface area contributed by atoms with Gasteiger partial charge >= 0.3 is 0 Å². The van der Waals surface area contributed by atoms with Crippen molar-refractivity contribution in [3.63, 3.8) is 0 Å². The largest absolute Gasteiger partial charge is 0.495 e. The molecule has 0 aromatic heterocycles. The van der Waals surface area contributed by atoms with Crippen LogP contribution >= 0.6 is 27.5 Å². The van der Waals surface area contributed by atoms with Crippen molar-refractivity contribution in [2.45, 2.75) is 12.3 Å². The summed E-state index contributed by atoms with van der Waals surface area (Å²) in [7, 11) is 3.85. The van der Waals surface area contributed by atoms with Gasteiger partial charge in [-0.25, -0.2) is 0 Å². The molecule has 2 aromatic carbocycles. The van der Waals surface area contributed by atoms with Crippen LogP contribution < -0.4 is 4.74 Å². The Morgan fingerprint density at radius 2 is 1.95 bits per heavy atom. The molecule has 1 unspecified atom stereocenters. The first-order chi connectivity index (χ1) is 10.6.